The quantitative estimate of drug-likeness (QED) is 0.540. The minimum Gasteiger partial charge on any atom is -0.345 e. The summed E-state index contributed by atoms with van der Waals surface area (Å²) in [6, 6.07) is 18.0. The summed E-state index contributed by atoms with van der Waals surface area (Å²) in [5.74, 6) is -0.929. The SMILES string of the molecule is CN1C(=N)N[C@](C)(c2cc(-c3cccc(C#N)c3)cs2)C(C/C=C/c2ccccc2F)C1=O. The number of benzene rings is 2. The monoisotopic (exact) mass is 458 g/mol. The fraction of sp³-hybridized carbons (Fsp3) is 0.192. The Morgan fingerprint density at radius 2 is 2.03 bits per heavy atom. The summed E-state index contributed by atoms with van der Waals surface area (Å²) in [7, 11) is 1.58. The van der Waals surface area contributed by atoms with Crippen LogP contribution in [-0.4, -0.2) is 23.8 Å². The van der Waals surface area contributed by atoms with Crippen LogP contribution in [0.25, 0.3) is 17.2 Å². The number of hydrogen-bond acceptors (Lipinski definition) is 4. The van der Waals surface area contributed by atoms with Crippen molar-refractivity contribution in [3.8, 4) is 17.2 Å². The van der Waals surface area contributed by atoms with Gasteiger partial charge in [0.25, 0.3) is 0 Å². The van der Waals surface area contributed by atoms with Crippen LogP contribution in [0.5, 0.6) is 0 Å². The van der Waals surface area contributed by atoms with Crippen LogP contribution in [0.15, 0.2) is 66.1 Å². The van der Waals surface area contributed by atoms with Crippen molar-refractivity contribution in [1.82, 2.24) is 10.2 Å². The molecule has 1 fully saturated rings. The first-order valence-electron chi connectivity index (χ1n) is 10.5. The predicted molar refractivity (Wildman–Crippen MR) is 129 cm³/mol. The van der Waals surface area contributed by atoms with Crippen molar-refractivity contribution in [2.45, 2.75) is 18.9 Å². The van der Waals surface area contributed by atoms with E-state index in [9.17, 15) is 14.4 Å². The lowest BCUT2D eigenvalue weighted by atomic mass is 9.79. The average Bonchev–Trinajstić information content (AvgIpc) is 3.32. The number of carbonyl (C=O) groups is 1. The number of nitrogens with zero attached hydrogens (tertiary/aromatic N) is 2. The molecule has 2 heterocycles. The maximum Gasteiger partial charge on any atom is 0.235 e. The molecule has 33 heavy (non-hydrogen) atoms. The van der Waals surface area contributed by atoms with Crippen LogP contribution in [0.4, 0.5) is 4.39 Å². The van der Waals surface area contributed by atoms with Crippen LogP contribution < -0.4 is 5.32 Å². The van der Waals surface area contributed by atoms with E-state index in [0.717, 1.165) is 16.0 Å². The number of thiophene rings is 1. The van der Waals surface area contributed by atoms with Crippen molar-refractivity contribution in [3.63, 3.8) is 0 Å². The van der Waals surface area contributed by atoms with Crippen molar-refractivity contribution in [1.29, 1.82) is 10.7 Å². The largest absolute Gasteiger partial charge is 0.345 e. The Hall–Kier alpha value is -3.76. The van der Waals surface area contributed by atoms with Crippen LogP contribution in [-0.2, 0) is 10.3 Å². The first-order chi connectivity index (χ1) is 15.8. The number of halogens is 1. The molecule has 1 aliphatic heterocycles. The van der Waals surface area contributed by atoms with Gasteiger partial charge in [-0.05, 0) is 54.1 Å². The minimum absolute atomic E-state index is 0.0401. The Bertz CT molecular complexity index is 1290. The second-order valence-corrected chi connectivity index (χ2v) is 9.09. The lowest BCUT2D eigenvalue weighted by molar-refractivity contribution is -0.135. The zero-order valence-corrected chi connectivity index (χ0v) is 19.1. The molecule has 166 valence electrons. The average molecular weight is 459 g/mol. The van der Waals surface area contributed by atoms with Gasteiger partial charge >= 0.3 is 0 Å². The van der Waals surface area contributed by atoms with E-state index in [2.05, 4.69) is 11.4 Å². The molecular formula is C26H23FN4OS. The molecule has 1 aromatic heterocycles. The third-order valence-electron chi connectivity index (χ3n) is 6.05. The molecule has 0 aliphatic carbocycles. The molecule has 0 saturated carbocycles. The number of hydrogen-bond donors (Lipinski definition) is 2. The topological polar surface area (TPSA) is 80.0 Å². The lowest BCUT2D eigenvalue weighted by Crippen LogP contribution is -2.63. The molecule has 1 aliphatic rings. The summed E-state index contributed by atoms with van der Waals surface area (Å²) in [5, 5.41) is 22.7. The molecule has 2 N–H and O–H groups in total. The molecule has 4 rings (SSSR count). The summed E-state index contributed by atoms with van der Waals surface area (Å²) in [6.45, 7) is 1.93. The zero-order chi connectivity index (χ0) is 23.6. The van der Waals surface area contributed by atoms with Gasteiger partial charge in [-0.15, -0.1) is 11.3 Å². The number of amides is 1. The summed E-state index contributed by atoms with van der Waals surface area (Å²) in [5.41, 5.74) is 2.11. The smallest absolute Gasteiger partial charge is 0.235 e. The van der Waals surface area contributed by atoms with Gasteiger partial charge in [0.2, 0.25) is 5.91 Å². The Morgan fingerprint density at radius 1 is 1.24 bits per heavy atom. The standard InChI is InChI=1S/C26H23FN4OS/c1-26(23-14-20(16-33-23)19-10-5-7-17(13-19)15-28)21(24(32)31(2)25(29)30-26)11-6-9-18-8-3-4-12-22(18)27/h3-10,12-14,16,21H,11H2,1-2H3,(H2,29,30)/b9-6+/t21?,26-/m0/s1. The van der Waals surface area contributed by atoms with Crippen molar-refractivity contribution >= 4 is 29.3 Å². The second-order valence-electron chi connectivity index (χ2n) is 8.18. The van der Waals surface area contributed by atoms with Crippen LogP contribution in [0.3, 0.4) is 0 Å². The second kappa shape index (κ2) is 9.00. The fourth-order valence-electron chi connectivity index (χ4n) is 4.05. The van der Waals surface area contributed by atoms with Gasteiger partial charge in [-0.3, -0.25) is 15.1 Å². The number of allylic oxidation sites excluding steroid dienone is 1. The molecule has 1 amide bonds. The molecule has 2 atom stereocenters. The molecular weight excluding hydrogens is 435 g/mol. The summed E-state index contributed by atoms with van der Waals surface area (Å²) in [6.07, 6.45) is 3.89. The first kappa shape index (κ1) is 22.4. The van der Waals surface area contributed by atoms with Crippen LogP contribution >= 0.6 is 11.3 Å². The minimum atomic E-state index is -0.810. The van der Waals surface area contributed by atoms with Gasteiger partial charge in [0.15, 0.2) is 5.96 Å². The molecule has 0 spiro atoms. The molecule has 3 aromatic rings. The van der Waals surface area contributed by atoms with Crippen LogP contribution in [0.1, 0.15) is 29.3 Å². The number of nitrogens with one attached hydrogen (secondary N) is 2. The van der Waals surface area contributed by atoms with Crippen molar-refractivity contribution in [2.75, 3.05) is 7.05 Å². The maximum absolute atomic E-state index is 14.0. The third kappa shape index (κ3) is 4.30. The van der Waals surface area contributed by atoms with E-state index >= 15 is 0 Å². The number of guanidine groups is 1. The van der Waals surface area contributed by atoms with E-state index in [4.69, 9.17) is 5.41 Å². The molecule has 7 heteroatoms. The summed E-state index contributed by atoms with van der Waals surface area (Å²) < 4.78 is 14.0. The van der Waals surface area contributed by atoms with Crippen LogP contribution in [0, 0.1) is 28.5 Å². The predicted octanol–water partition coefficient (Wildman–Crippen LogP) is 5.36. The van der Waals surface area contributed by atoms with Crippen LogP contribution in [0.2, 0.25) is 0 Å². The highest BCUT2D eigenvalue weighted by Gasteiger charge is 2.47. The zero-order valence-electron chi connectivity index (χ0n) is 18.3. The molecule has 2 aromatic carbocycles. The first-order valence-corrected chi connectivity index (χ1v) is 11.4. The van der Waals surface area contributed by atoms with E-state index in [-0.39, 0.29) is 17.7 Å². The number of carbonyl (C=O) groups excluding carboxylic acids is 1. The van der Waals surface area contributed by atoms with Gasteiger partial charge in [-0.2, -0.15) is 5.26 Å². The highest BCUT2D eigenvalue weighted by Crippen LogP contribution is 2.41. The Balaban J connectivity index is 1.67. The summed E-state index contributed by atoms with van der Waals surface area (Å²) >= 11 is 1.51. The van der Waals surface area contributed by atoms with Crippen molar-refractivity contribution in [2.24, 2.45) is 5.92 Å². The highest BCUT2D eigenvalue weighted by atomic mass is 32.1. The molecule has 0 bridgehead atoms. The van der Waals surface area contributed by atoms with Gasteiger partial charge in [0.05, 0.1) is 23.1 Å². The Kier molecular flexibility index (Phi) is 6.12. The van der Waals surface area contributed by atoms with E-state index in [0.29, 0.717) is 17.5 Å². The van der Waals surface area contributed by atoms with Gasteiger partial charge in [-0.25, -0.2) is 4.39 Å². The van der Waals surface area contributed by atoms with E-state index in [1.807, 2.05) is 42.6 Å². The normalized spacial score (nSPS) is 20.7. The van der Waals surface area contributed by atoms with E-state index < -0.39 is 11.5 Å². The van der Waals surface area contributed by atoms with Gasteiger partial charge in [0.1, 0.15) is 5.82 Å². The Labute approximate surface area is 196 Å². The number of nitriles is 1. The van der Waals surface area contributed by atoms with Gasteiger partial charge in [0, 0.05) is 17.5 Å². The van der Waals surface area contributed by atoms with Gasteiger partial charge in [-0.1, -0.05) is 42.5 Å². The fourth-order valence-corrected chi connectivity index (χ4v) is 5.14. The lowest BCUT2D eigenvalue weighted by Gasteiger charge is -2.44. The molecule has 5 nitrogen and oxygen atoms in total. The number of rotatable bonds is 5. The van der Waals surface area contributed by atoms with E-state index in [1.165, 1.54) is 22.3 Å². The van der Waals surface area contributed by atoms with Crippen molar-refractivity contribution in [3.05, 3.63) is 87.9 Å². The highest BCUT2D eigenvalue weighted by molar-refractivity contribution is 7.10. The Morgan fingerprint density at radius 3 is 2.79 bits per heavy atom. The van der Waals surface area contributed by atoms with Crippen molar-refractivity contribution < 1.29 is 9.18 Å². The summed E-state index contributed by atoms with van der Waals surface area (Å²) in [4.78, 5) is 15.4. The van der Waals surface area contributed by atoms with E-state index in [1.54, 1.807) is 37.4 Å². The molecule has 1 unspecified atom stereocenters. The van der Waals surface area contributed by atoms with Gasteiger partial charge < -0.3 is 5.32 Å². The molecule has 1 saturated heterocycles. The maximum atomic E-state index is 14.0. The third-order valence-corrected chi connectivity index (χ3v) is 7.22. The molecule has 0 radical (unpaired) electrons.